The minimum Gasteiger partial charge on any atom is -0.344 e. The molecule has 0 fully saturated rings. The van der Waals surface area contributed by atoms with Gasteiger partial charge in [-0.05, 0) is 37.3 Å². The van der Waals surface area contributed by atoms with Crippen LogP contribution >= 0.6 is 0 Å². The topological polar surface area (TPSA) is 48.7 Å². The van der Waals surface area contributed by atoms with Gasteiger partial charge in [0.2, 0.25) is 0 Å². The van der Waals surface area contributed by atoms with Gasteiger partial charge >= 0.3 is 0 Å². The highest BCUT2D eigenvalue weighted by Crippen LogP contribution is 2.35. The lowest BCUT2D eigenvalue weighted by Crippen LogP contribution is -2.18. The van der Waals surface area contributed by atoms with E-state index in [0.717, 1.165) is 29.8 Å². The molecular weight excluding hydrogens is 198 g/mol. The number of rotatable bonds is 0. The van der Waals surface area contributed by atoms with Crippen LogP contribution in [-0.4, -0.2) is 4.98 Å². The van der Waals surface area contributed by atoms with E-state index in [2.05, 4.69) is 16.4 Å². The van der Waals surface area contributed by atoms with Gasteiger partial charge in [0.15, 0.2) is 0 Å². The molecule has 1 N–H and O–H groups in total. The van der Waals surface area contributed by atoms with Crippen molar-refractivity contribution in [1.29, 1.82) is 5.26 Å². The van der Waals surface area contributed by atoms with E-state index >= 15 is 0 Å². The Hall–Kier alpha value is -1.82. The van der Waals surface area contributed by atoms with Crippen LogP contribution in [0.15, 0.2) is 23.5 Å². The van der Waals surface area contributed by atoms with Crippen molar-refractivity contribution in [1.82, 2.24) is 4.98 Å². The number of hydrogen-bond acceptors (Lipinski definition) is 3. The number of anilines is 1. The number of aromatic nitrogens is 1. The van der Waals surface area contributed by atoms with Gasteiger partial charge in [-0.3, -0.25) is 0 Å². The Labute approximate surface area is 94.8 Å². The van der Waals surface area contributed by atoms with E-state index in [4.69, 9.17) is 5.26 Å². The minimum atomic E-state index is 0.759. The molecule has 0 aromatic carbocycles. The summed E-state index contributed by atoms with van der Waals surface area (Å²) in [5.74, 6) is 0.889. The molecule has 0 radical (unpaired) electrons. The Balaban J connectivity index is 2.05. The van der Waals surface area contributed by atoms with E-state index in [1.807, 2.05) is 0 Å². The number of nitrogens with one attached hydrogen (secondary N) is 1. The maximum atomic E-state index is 9.07. The highest BCUT2D eigenvalue weighted by molar-refractivity contribution is 5.60. The Morgan fingerprint density at radius 2 is 2.19 bits per heavy atom. The molecule has 0 atom stereocenters. The van der Waals surface area contributed by atoms with E-state index in [-0.39, 0.29) is 0 Å². The van der Waals surface area contributed by atoms with Gasteiger partial charge in [-0.1, -0.05) is 0 Å². The van der Waals surface area contributed by atoms with E-state index in [0.29, 0.717) is 0 Å². The quantitative estimate of drug-likeness (QED) is 0.717. The van der Waals surface area contributed by atoms with Crippen LogP contribution in [0.3, 0.4) is 0 Å². The number of nitriles is 1. The maximum Gasteiger partial charge on any atom is 0.134 e. The second kappa shape index (κ2) is 3.64. The summed E-state index contributed by atoms with van der Waals surface area (Å²) >= 11 is 0. The molecule has 3 heteroatoms. The lowest BCUT2D eigenvalue weighted by atomic mass is 9.88. The van der Waals surface area contributed by atoms with Crippen molar-refractivity contribution in [2.45, 2.75) is 32.1 Å². The highest BCUT2D eigenvalue weighted by Gasteiger charge is 2.22. The fourth-order valence-electron chi connectivity index (χ4n) is 2.55. The average molecular weight is 211 g/mol. The molecule has 1 aliphatic carbocycles. The Kier molecular flexibility index (Phi) is 2.14. The molecule has 16 heavy (non-hydrogen) atoms. The van der Waals surface area contributed by atoms with Crippen molar-refractivity contribution < 1.29 is 0 Å². The number of nitrogens with zero attached hydrogens (tertiary/aromatic N) is 2. The molecule has 0 bridgehead atoms. The van der Waals surface area contributed by atoms with Gasteiger partial charge < -0.3 is 5.32 Å². The Morgan fingerprint density at radius 1 is 1.31 bits per heavy atom. The molecule has 0 saturated carbocycles. The summed E-state index contributed by atoms with van der Waals surface area (Å²) in [6, 6.07) is 4.05. The highest BCUT2D eigenvalue weighted by atomic mass is 15.0. The fraction of sp³-hybridized carbons (Fsp3) is 0.385. The Morgan fingerprint density at radius 3 is 3.06 bits per heavy atom. The average Bonchev–Trinajstić information content (AvgIpc) is 2.35. The third-order valence-corrected chi connectivity index (χ3v) is 3.42. The minimum absolute atomic E-state index is 0.759. The van der Waals surface area contributed by atoms with E-state index in [1.165, 1.54) is 30.5 Å². The number of hydrogen-bond donors (Lipinski definition) is 1. The van der Waals surface area contributed by atoms with Crippen LogP contribution in [0.1, 0.15) is 36.8 Å². The summed E-state index contributed by atoms with van der Waals surface area (Å²) in [5, 5.41) is 12.5. The SMILES string of the molecule is N#Cc1ccnc2c1CC1=C(CCCC1)N2. The predicted molar refractivity (Wildman–Crippen MR) is 61.8 cm³/mol. The third-order valence-electron chi connectivity index (χ3n) is 3.42. The molecule has 0 unspecified atom stereocenters. The zero-order valence-corrected chi connectivity index (χ0v) is 9.08. The molecule has 0 saturated heterocycles. The van der Waals surface area contributed by atoms with Gasteiger partial charge in [-0.15, -0.1) is 0 Å². The summed E-state index contributed by atoms with van der Waals surface area (Å²) in [4.78, 5) is 4.32. The van der Waals surface area contributed by atoms with E-state index in [9.17, 15) is 0 Å². The first-order chi connectivity index (χ1) is 7.88. The van der Waals surface area contributed by atoms with E-state index in [1.54, 1.807) is 12.3 Å². The normalized spacial score (nSPS) is 18.2. The number of fused-ring (bicyclic) bond motifs is 1. The van der Waals surface area contributed by atoms with Crippen molar-refractivity contribution in [3.8, 4) is 6.07 Å². The second-order valence-electron chi connectivity index (χ2n) is 4.39. The van der Waals surface area contributed by atoms with E-state index < -0.39 is 0 Å². The molecule has 3 rings (SSSR count). The van der Waals surface area contributed by atoms with Crippen molar-refractivity contribution in [3.63, 3.8) is 0 Å². The molecule has 2 heterocycles. The maximum absolute atomic E-state index is 9.07. The van der Waals surface area contributed by atoms with Crippen LogP contribution in [-0.2, 0) is 6.42 Å². The van der Waals surface area contributed by atoms with Gasteiger partial charge in [0.1, 0.15) is 5.82 Å². The van der Waals surface area contributed by atoms with Crippen LogP contribution < -0.4 is 5.32 Å². The summed E-state index contributed by atoms with van der Waals surface area (Å²) in [6.45, 7) is 0. The van der Waals surface area contributed by atoms with Gasteiger partial charge in [0.05, 0.1) is 11.6 Å². The molecular formula is C13H13N3. The van der Waals surface area contributed by atoms with Crippen LogP contribution in [0.4, 0.5) is 5.82 Å². The summed E-state index contributed by atoms with van der Waals surface area (Å²) < 4.78 is 0. The van der Waals surface area contributed by atoms with Gasteiger partial charge in [-0.2, -0.15) is 5.26 Å². The van der Waals surface area contributed by atoms with Crippen LogP contribution in [0.2, 0.25) is 0 Å². The fourth-order valence-corrected chi connectivity index (χ4v) is 2.55. The number of allylic oxidation sites excluding steroid dienone is 2. The smallest absolute Gasteiger partial charge is 0.134 e. The molecule has 0 amide bonds. The predicted octanol–water partition coefficient (Wildman–Crippen LogP) is 2.75. The molecule has 1 aliphatic heterocycles. The van der Waals surface area contributed by atoms with Crippen LogP contribution in [0.25, 0.3) is 0 Å². The number of pyridine rings is 1. The largest absolute Gasteiger partial charge is 0.344 e. The molecule has 0 spiro atoms. The second-order valence-corrected chi connectivity index (χ2v) is 4.39. The summed E-state index contributed by atoms with van der Waals surface area (Å²) in [5.41, 5.74) is 4.66. The first kappa shape index (κ1) is 9.41. The molecule has 3 nitrogen and oxygen atoms in total. The van der Waals surface area contributed by atoms with Gasteiger partial charge in [0, 0.05) is 23.9 Å². The van der Waals surface area contributed by atoms with Crippen LogP contribution in [0.5, 0.6) is 0 Å². The Bertz CT molecular complexity index is 508. The van der Waals surface area contributed by atoms with Gasteiger partial charge in [-0.25, -0.2) is 4.98 Å². The van der Waals surface area contributed by atoms with Crippen molar-refractivity contribution >= 4 is 5.82 Å². The third kappa shape index (κ3) is 1.38. The lowest BCUT2D eigenvalue weighted by Gasteiger charge is -2.27. The zero-order chi connectivity index (χ0) is 11.0. The zero-order valence-electron chi connectivity index (χ0n) is 9.08. The lowest BCUT2D eigenvalue weighted by molar-refractivity contribution is 0.655. The molecule has 80 valence electrons. The van der Waals surface area contributed by atoms with Gasteiger partial charge in [0.25, 0.3) is 0 Å². The van der Waals surface area contributed by atoms with Crippen molar-refractivity contribution in [3.05, 3.63) is 34.7 Å². The standard InChI is InChI=1S/C13H13N3/c14-8-10-5-6-15-13-11(10)7-9-3-1-2-4-12(9)16-13/h5-6H,1-4,7H2,(H,15,16). The molecule has 2 aliphatic rings. The summed E-state index contributed by atoms with van der Waals surface area (Å²) in [7, 11) is 0. The first-order valence-corrected chi connectivity index (χ1v) is 5.74. The first-order valence-electron chi connectivity index (χ1n) is 5.74. The summed E-state index contributed by atoms with van der Waals surface area (Å²) in [6.07, 6.45) is 7.46. The molecule has 1 aromatic rings. The van der Waals surface area contributed by atoms with Crippen LogP contribution in [0, 0.1) is 11.3 Å². The molecule has 1 aromatic heterocycles. The van der Waals surface area contributed by atoms with Crippen molar-refractivity contribution in [2.24, 2.45) is 0 Å². The van der Waals surface area contributed by atoms with Crippen molar-refractivity contribution in [2.75, 3.05) is 5.32 Å². The monoisotopic (exact) mass is 211 g/mol.